The van der Waals surface area contributed by atoms with Gasteiger partial charge in [-0.3, -0.25) is 0 Å². The summed E-state index contributed by atoms with van der Waals surface area (Å²) in [5.41, 5.74) is 5.96. The molecule has 1 heterocycles. The molecule has 1 aromatic rings. The minimum atomic E-state index is -1.09. The maximum absolute atomic E-state index is 10.8. The van der Waals surface area contributed by atoms with E-state index >= 15 is 0 Å². The van der Waals surface area contributed by atoms with Crippen LogP contribution in [-0.4, -0.2) is 29.7 Å². The van der Waals surface area contributed by atoms with E-state index in [1.165, 1.54) is 12.3 Å². The van der Waals surface area contributed by atoms with Crippen LogP contribution in [0.1, 0.15) is 22.3 Å². The van der Waals surface area contributed by atoms with Crippen molar-refractivity contribution in [3.05, 3.63) is 23.4 Å². The van der Waals surface area contributed by atoms with Crippen molar-refractivity contribution in [2.24, 2.45) is 0 Å². The van der Waals surface area contributed by atoms with Gasteiger partial charge < -0.3 is 16.2 Å². The molecule has 0 aromatic carbocycles. The van der Waals surface area contributed by atoms with Gasteiger partial charge in [-0.1, -0.05) is 11.8 Å². The number of rotatable bonds is 3. The number of carboxylic acid groups (broad SMARTS) is 1. The lowest BCUT2D eigenvalue weighted by atomic mass is 10.2. The van der Waals surface area contributed by atoms with Crippen LogP contribution in [0.4, 0.5) is 5.82 Å². The van der Waals surface area contributed by atoms with E-state index in [0.717, 1.165) is 6.54 Å². The molecule has 16 heavy (non-hydrogen) atoms. The molecule has 5 heteroatoms. The van der Waals surface area contributed by atoms with E-state index in [1.54, 1.807) is 0 Å². The number of nitrogens with two attached hydrogens (primary N) is 1. The van der Waals surface area contributed by atoms with Crippen LogP contribution < -0.4 is 11.1 Å². The second-order valence-corrected chi connectivity index (χ2v) is 3.12. The molecule has 0 unspecified atom stereocenters. The van der Waals surface area contributed by atoms with Crippen molar-refractivity contribution in [2.75, 3.05) is 19.3 Å². The Morgan fingerprint density at radius 3 is 3.06 bits per heavy atom. The molecule has 0 saturated heterocycles. The molecule has 0 amide bonds. The minimum absolute atomic E-state index is 0.00766. The molecule has 84 valence electrons. The first kappa shape index (κ1) is 12.0. The number of carboxylic acids is 1. The van der Waals surface area contributed by atoms with Crippen molar-refractivity contribution in [3.8, 4) is 11.8 Å². The molecule has 0 atom stereocenters. The molecule has 0 radical (unpaired) electrons. The highest BCUT2D eigenvalue weighted by Crippen LogP contribution is 2.09. The molecular formula is C11H13N3O2. The third-order valence-corrected chi connectivity index (χ3v) is 1.88. The van der Waals surface area contributed by atoms with Crippen molar-refractivity contribution >= 4 is 11.8 Å². The Morgan fingerprint density at radius 1 is 1.69 bits per heavy atom. The number of hydrogen-bond acceptors (Lipinski definition) is 4. The number of aromatic carboxylic acids is 1. The Kier molecular flexibility index (Phi) is 4.30. The predicted molar refractivity (Wildman–Crippen MR) is 61.0 cm³/mol. The number of carbonyl (C=O) groups is 1. The zero-order chi connectivity index (χ0) is 12.0. The number of nitrogens with zero attached hydrogens (tertiary/aromatic N) is 1. The van der Waals surface area contributed by atoms with Crippen LogP contribution in [0.3, 0.4) is 0 Å². The van der Waals surface area contributed by atoms with Crippen LogP contribution >= 0.6 is 0 Å². The number of aromatic nitrogens is 1. The Balaban J connectivity index is 2.85. The van der Waals surface area contributed by atoms with Crippen molar-refractivity contribution in [1.29, 1.82) is 0 Å². The van der Waals surface area contributed by atoms with E-state index in [0.29, 0.717) is 12.0 Å². The van der Waals surface area contributed by atoms with Gasteiger partial charge in [-0.2, -0.15) is 0 Å². The second-order valence-electron chi connectivity index (χ2n) is 3.12. The van der Waals surface area contributed by atoms with Crippen LogP contribution in [0.2, 0.25) is 0 Å². The first-order valence-electron chi connectivity index (χ1n) is 4.77. The minimum Gasteiger partial charge on any atom is -0.478 e. The Morgan fingerprint density at radius 2 is 2.44 bits per heavy atom. The fraction of sp³-hybridized carbons (Fsp3) is 0.273. The van der Waals surface area contributed by atoms with Gasteiger partial charge in [0.1, 0.15) is 11.4 Å². The Labute approximate surface area is 93.7 Å². The van der Waals surface area contributed by atoms with Gasteiger partial charge >= 0.3 is 5.97 Å². The summed E-state index contributed by atoms with van der Waals surface area (Å²) in [6, 6.07) is 1.43. The lowest BCUT2D eigenvalue weighted by Gasteiger charge is -1.99. The number of pyridine rings is 1. The van der Waals surface area contributed by atoms with Crippen LogP contribution in [0.5, 0.6) is 0 Å². The van der Waals surface area contributed by atoms with Gasteiger partial charge in [0.2, 0.25) is 0 Å². The zero-order valence-corrected chi connectivity index (χ0v) is 8.95. The number of nitrogen functional groups attached to an aromatic ring is 1. The third kappa shape index (κ3) is 3.26. The summed E-state index contributed by atoms with van der Waals surface area (Å²) in [7, 11) is 1.84. The molecule has 1 rings (SSSR count). The molecule has 0 aliphatic carbocycles. The van der Waals surface area contributed by atoms with E-state index in [1.807, 2.05) is 7.05 Å². The summed E-state index contributed by atoms with van der Waals surface area (Å²) in [5.74, 6) is 4.65. The molecule has 0 spiro atoms. The normalized spacial score (nSPS) is 9.31. The SMILES string of the molecule is CNCCC#Cc1cnc(N)c(C(=O)O)c1. The van der Waals surface area contributed by atoms with Gasteiger partial charge in [0.25, 0.3) is 0 Å². The summed E-state index contributed by atoms with van der Waals surface area (Å²) >= 11 is 0. The largest absolute Gasteiger partial charge is 0.478 e. The maximum atomic E-state index is 10.8. The topological polar surface area (TPSA) is 88.2 Å². The van der Waals surface area contributed by atoms with E-state index in [-0.39, 0.29) is 11.4 Å². The van der Waals surface area contributed by atoms with Gasteiger partial charge in [0.15, 0.2) is 0 Å². The highest BCUT2D eigenvalue weighted by atomic mass is 16.4. The summed E-state index contributed by atoms with van der Waals surface area (Å²) < 4.78 is 0. The van der Waals surface area contributed by atoms with Crippen molar-refractivity contribution in [2.45, 2.75) is 6.42 Å². The van der Waals surface area contributed by atoms with Crippen LogP contribution in [-0.2, 0) is 0 Å². The summed E-state index contributed by atoms with van der Waals surface area (Å²) in [6.45, 7) is 0.793. The lowest BCUT2D eigenvalue weighted by Crippen LogP contribution is -2.06. The first-order chi connectivity index (χ1) is 7.65. The van der Waals surface area contributed by atoms with E-state index in [2.05, 4.69) is 22.1 Å². The van der Waals surface area contributed by atoms with E-state index in [9.17, 15) is 4.79 Å². The Hall–Kier alpha value is -2.06. The van der Waals surface area contributed by atoms with Crippen LogP contribution in [0.25, 0.3) is 0 Å². The third-order valence-electron chi connectivity index (χ3n) is 1.88. The number of anilines is 1. The average molecular weight is 219 g/mol. The van der Waals surface area contributed by atoms with E-state index < -0.39 is 5.97 Å². The lowest BCUT2D eigenvalue weighted by molar-refractivity contribution is 0.0697. The fourth-order valence-electron chi connectivity index (χ4n) is 1.07. The van der Waals surface area contributed by atoms with Gasteiger partial charge in [-0.25, -0.2) is 9.78 Å². The molecule has 0 aliphatic heterocycles. The standard InChI is InChI=1S/C11H13N3O2/c1-13-5-3-2-4-8-6-9(11(15)16)10(12)14-7-8/h6-7,13H,3,5H2,1H3,(H2,12,14)(H,15,16). The highest BCUT2D eigenvalue weighted by molar-refractivity contribution is 5.92. The Bertz CT molecular complexity index is 446. The molecule has 0 bridgehead atoms. The van der Waals surface area contributed by atoms with Gasteiger partial charge in [-0.15, -0.1) is 0 Å². The molecule has 0 saturated carbocycles. The summed E-state index contributed by atoms with van der Waals surface area (Å²) in [6.07, 6.45) is 2.16. The van der Waals surface area contributed by atoms with Crippen molar-refractivity contribution in [1.82, 2.24) is 10.3 Å². The van der Waals surface area contributed by atoms with E-state index in [4.69, 9.17) is 10.8 Å². The summed E-state index contributed by atoms with van der Waals surface area (Å²) in [4.78, 5) is 14.6. The van der Waals surface area contributed by atoms with Crippen LogP contribution in [0, 0.1) is 11.8 Å². The molecule has 0 fully saturated rings. The smallest absolute Gasteiger partial charge is 0.339 e. The monoisotopic (exact) mass is 219 g/mol. The molecule has 4 N–H and O–H groups in total. The van der Waals surface area contributed by atoms with Crippen LogP contribution in [0.15, 0.2) is 12.3 Å². The quantitative estimate of drug-likeness (QED) is 0.503. The average Bonchev–Trinajstić information content (AvgIpc) is 2.26. The molecular weight excluding hydrogens is 206 g/mol. The van der Waals surface area contributed by atoms with Gasteiger partial charge in [0, 0.05) is 24.7 Å². The zero-order valence-electron chi connectivity index (χ0n) is 8.95. The van der Waals surface area contributed by atoms with Gasteiger partial charge in [0.05, 0.1) is 0 Å². The van der Waals surface area contributed by atoms with Crippen molar-refractivity contribution < 1.29 is 9.90 Å². The predicted octanol–water partition coefficient (Wildman–Crippen LogP) is 0.323. The molecule has 5 nitrogen and oxygen atoms in total. The molecule has 0 aliphatic rings. The highest BCUT2D eigenvalue weighted by Gasteiger charge is 2.08. The van der Waals surface area contributed by atoms with Gasteiger partial charge in [-0.05, 0) is 13.1 Å². The maximum Gasteiger partial charge on any atom is 0.339 e. The van der Waals surface area contributed by atoms with Crippen molar-refractivity contribution in [3.63, 3.8) is 0 Å². The molecule has 1 aromatic heterocycles. The second kappa shape index (κ2) is 5.73. The first-order valence-corrected chi connectivity index (χ1v) is 4.77. The fourth-order valence-corrected chi connectivity index (χ4v) is 1.07. The number of nitrogens with one attached hydrogen (secondary N) is 1. The summed E-state index contributed by atoms with van der Waals surface area (Å²) in [5, 5.41) is 11.8. The number of hydrogen-bond donors (Lipinski definition) is 3.